The average molecular weight is 285 g/mol. The van der Waals surface area contributed by atoms with Gasteiger partial charge in [0.1, 0.15) is 5.82 Å². The van der Waals surface area contributed by atoms with Crippen molar-refractivity contribution in [1.29, 1.82) is 0 Å². The predicted octanol–water partition coefficient (Wildman–Crippen LogP) is 3.62. The largest absolute Gasteiger partial charge is 0.335 e. The number of hydrogen-bond acceptors (Lipinski definition) is 2. The van der Waals surface area contributed by atoms with Gasteiger partial charge in [0, 0.05) is 31.9 Å². The molecule has 1 aromatic carbocycles. The number of nitrogens with one attached hydrogen (secondary N) is 1. The highest BCUT2D eigenvalue weighted by atomic mass is 15.0. The summed E-state index contributed by atoms with van der Waals surface area (Å²) in [4.78, 5) is 4.49. The molecular formula is C18H27N3. The van der Waals surface area contributed by atoms with Crippen LogP contribution in [0.2, 0.25) is 0 Å². The van der Waals surface area contributed by atoms with Gasteiger partial charge in [-0.2, -0.15) is 0 Å². The van der Waals surface area contributed by atoms with Crippen LogP contribution in [-0.4, -0.2) is 22.6 Å². The summed E-state index contributed by atoms with van der Waals surface area (Å²) in [5, 5.41) is 3.57. The van der Waals surface area contributed by atoms with Crippen LogP contribution in [0.5, 0.6) is 0 Å². The molecule has 2 aromatic rings. The van der Waals surface area contributed by atoms with Crippen molar-refractivity contribution in [1.82, 2.24) is 14.9 Å². The molecule has 0 aliphatic carbocycles. The van der Waals surface area contributed by atoms with Gasteiger partial charge in [0.05, 0.1) is 0 Å². The first kappa shape index (κ1) is 15.8. The standard InChI is InChI=1S/C18H27N3/c1-3-12-19-15-17(16-8-6-5-7-9-16)10-11-18-20-13-14-21(18)4-2/h5-9,13-14,17,19H,3-4,10-12,15H2,1-2H3. The summed E-state index contributed by atoms with van der Waals surface area (Å²) in [5.41, 5.74) is 1.43. The smallest absolute Gasteiger partial charge is 0.108 e. The number of nitrogens with zero attached hydrogens (tertiary/aromatic N) is 2. The van der Waals surface area contributed by atoms with E-state index in [2.05, 4.69) is 65.2 Å². The monoisotopic (exact) mass is 285 g/mol. The zero-order valence-electron chi connectivity index (χ0n) is 13.3. The number of rotatable bonds is 9. The number of imidazole rings is 1. The summed E-state index contributed by atoms with van der Waals surface area (Å²) in [6.07, 6.45) is 7.33. The van der Waals surface area contributed by atoms with Crippen molar-refractivity contribution in [3.8, 4) is 0 Å². The van der Waals surface area contributed by atoms with Gasteiger partial charge in [-0.1, -0.05) is 37.3 Å². The fourth-order valence-corrected chi connectivity index (χ4v) is 2.72. The Labute approximate surface area is 128 Å². The minimum absolute atomic E-state index is 0.555. The molecule has 0 fully saturated rings. The molecule has 1 aromatic heterocycles. The lowest BCUT2D eigenvalue weighted by atomic mass is 9.94. The molecular weight excluding hydrogens is 258 g/mol. The van der Waals surface area contributed by atoms with Crippen LogP contribution >= 0.6 is 0 Å². The Morgan fingerprint density at radius 3 is 2.71 bits per heavy atom. The second-order valence-electron chi connectivity index (χ2n) is 5.48. The zero-order chi connectivity index (χ0) is 14.9. The molecule has 3 heteroatoms. The lowest BCUT2D eigenvalue weighted by Crippen LogP contribution is -2.23. The lowest BCUT2D eigenvalue weighted by molar-refractivity contribution is 0.535. The van der Waals surface area contributed by atoms with Crippen molar-refractivity contribution >= 4 is 0 Å². The molecule has 2 rings (SSSR count). The van der Waals surface area contributed by atoms with Gasteiger partial charge in [-0.15, -0.1) is 0 Å². The van der Waals surface area contributed by atoms with E-state index >= 15 is 0 Å². The Balaban J connectivity index is 1.98. The highest BCUT2D eigenvalue weighted by Crippen LogP contribution is 2.20. The molecule has 1 unspecified atom stereocenters. The van der Waals surface area contributed by atoms with Crippen molar-refractivity contribution in [3.63, 3.8) is 0 Å². The molecule has 21 heavy (non-hydrogen) atoms. The molecule has 114 valence electrons. The van der Waals surface area contributed by atoms with Crippen LogP contribution in [0.3, 0.4) is 0 Å². The molecule has 0 amide bonds. The first-order chi connectivity index (χ1) is 10.3. The van der Waals surface area contributed by atoms with Gasteiger partial charge in [-0.05, 0) is 37.8 Å². The van der Waals surface area contributed by atoms with E-state index in [-0.39, 0.29) is 0 Å². The van der Waals surface area contributed by atoms with Crippen molar-refractivity contribution in [2.45, 2.75) is 45.6 Å². The van der Waals surface area contributed by atoms with Crippen LogP contribution in [0.15, 0.2) is 42.7 Å². The molecule has 0 saturated carbocycles. The second-order valence-corrected chi connectivity index (χ2v) is 5.48. The van der Waals surface area contributed by atoms with Crippen LogP contribution in [0.4, 0.5) is 0 Å². The molecule has 1 atom stereocenters. The predicted molar refractivity (Wildman–Crippen MR) is 88.6 cm³/mol. The Hall–Kier alpha value is -1.61. The van der Waals surface area contributed by atoms with Crippen molar-refractivity contribution in [2.24, 2.45) is 0 Å². The Morgan fingerprint density at radius 2 is 2.00 bits per heavy atom. The van der Waals surface area contributed by atoms with Gasteiger partial charge in [0.2, 0.25) is 0 Å². The van der Waals surface area contributed by atoms with E-state index in [4.69, 9.17) is 0 Å². The summed E-state index contributed by atoms with van der Waals surface area (Å²) < 4.78 is 2.24. The van der Waals surface area contributed by atoms with Crippen molar-refractivity contribution in [3.05, 3.63) is 54.1 Å². The van der Waals surface area contributed by atoms with Crippen LogP contribution in [0.25, 0.3) is 0 Å². The summed E-state index contributed by atoms with van der Waals surface area (Å²) in [6, 6.07) is 10.8. The molecule has 0 saturated heterocycles. The van der Waals surface area contributed by atoms with E-state index in [1.807, 2.05) is 6.20 Å². The van der Waals surface area contributed by atoms with Gasteiger partial charge in [-0.3, -0.25) is 0 Å². The maximum Gasteiger partial charge on any atom is 0.108 e. The molecule has 1 N–H and O–H groups in total. The van der Waals surface area contributed by atoms with E-state index in [9.17, 15) is 0 Å². The van der Waals surface area contributed by atoms with Crippen LogP contribution in [0, 0.1) is 0 Å². The summed E-state index contributed by atoms with van der Waals surface area (Å²) >= 11 is 0. The van der Waals surface area contributed by atoms with E-state index in [1.54, 1.807) is 0 Å². The maximum absolute atomic E-state index is 4.49. The van der Waals surface area contributed by atoms with Gasteiger partial charge in [0.25, 0.3) is 0 Å². The number of aryl methyl sites for hydroxylation is 2. The van der Waals surface area contributed by atoms with E-state index in [0.717, 1.165) is 32.5 Å². The lowest BCUT2D eigenvalue weighted by Gasteiger charge is -2.18. The minimum atomic E-state index is 0.555. The topological polar surface area (TPSA) is 29.9 Å². The third-order valence-electron chi connectivity index (χ3n) is 3.95. The van der Waals surface area contributed by atoms with Crippen LogP contribution in [0.1, 0.15) is 44.0 Å². The molecule has 1 heterocycles. The molecule has 0 bridgehead atoms. The van der Waals surface area contributed by atoms with Gasteiger partial charge in [0.15, 0.2) is 0 Å². The van der Waals surface area contributed by atoms with E-state index in [1.165, 1.54) is 17.8 Å². The van der Waals surface area contributed by atoms with Gasteiger partial charge < -0.3 is 9.88 Å². The van der Waals surface area contributed by atoms with E-state index < -0.39 is 0 Å². The molecule has 0 spiro atoms. The molecule has 0 radical (unpaired) electrons. The second kappa shape index (κ2) is 8.63. The highest BCUT2D eigenvalue weighted by molar-refractivity contribution is 5.20. The summed E-state index contributed by atoms with van der Waals surface area (Å²) in [7, 11) is 0. The maximum atomic E-state index is 4.49. The number of aromatic nitrogens is 2. The first-order valence-corrected chi connectivity index (χ1v) is 8.10. The minimum Gasteiger partial charge on any atom is -0.335 e. The highest BCUT2D eigenvalue weighted by Gasteiger charge is 2.12. The quantitative estimate of drug-likeness (QED) is 0.713. The molecule has 0 aliphatic rings. The van der Waals surface area contributed by atoms with Crippen LogP contribution in [-0.2, 0) is 13.0 Å². The Morgan fingerprint density at radius 1 is 1.19 bits per heavy atom. The Kier molecular flexibility index (Phi) is 6.48. The van der Waals surface area contributed by atoms with E-state index in [0.29, 0.717) is 5.92 Å². The normalized spacial score (nSPS) is 12.5. The number of hydrogen-bond donors (Lipinski definition) is 1. The summed E-state index contributed by atoms with van der Waals surface area (Å²) in [6.45, 7) is 7.52. The van der Waals surface area contributed by atoms with Crippen LogP contribution < -0.4 is 5.32 Å². The fourth-order valence-electron chi connectivity index (χ4n) is 2.72. The third-order valence-corrected chi connectivity index (χ3v) is 3.95. The Bertz CT molecular complexity index is 504. The average Bonchev–Trinajstić information content (AvgIpc) is 2.99. The van der Waals surface area contributed by atoms with Crippen molar-refractivity contribution in [2.75, 3.05) is 13.1 Å². The SMILES string of the molecule is CCCNCC(CCc1nccn1CC)c1ccccc1. The van der Waals surface area contributed by atoms with Gasteiger partial charge >= 0.3 is 0 Å². The third kappa shape index (κ3) is 4.71. The number of benzene rings is 1. The summed E-state index contributed by atoms with van der Waals surface area (Å²) in [5.74, 6) is 1.76. The fraction of sp³-hybridized carbons (Fsp3) is 0.500. The van der Waals surface area contributed by atoms with Gasteiger partial charge in [-0.25, -0.2) is 4.98 Å². The van der Waals surface area contributed by atoms with Crippen molar-refractivity contribution < 1.29 is 0 Å². The molecule has 0 aliphatic heterocycles. The first-order valence-electron chi connectivity index (χ1n) is 8.10. The zero-order valence-corrected chi connectivity index (χ0v) is 13.3. The molecule has 3 nitrogen and oxygen atoms in total.